The van der Waals surface area contributed by atoms with E-state index in [4.69, 9.17) is 4.74 Å². The summed E-state index contributed by atoms with van der Waals surface area (Å²) < 4.78 is 5.76. The van der Waals surface area contributed by atoms with Gasteiger partial charge in [0.2, 0.25) is 0 Å². The van der Waals surface area contributed by atoms with Gasteiger partial charge < -0.3 is 9.64 Å². The predicted molar refractivity (Wildman–Crippen MR) is 78.9 cm³/mol. The fraction of sp³-hybridized carbons (Fsp3) is 0.562. The van der Waals surface area contributed by atoms with Crippen LogP contribution in [0.2, 0.25) is 0 Å². The lowest BCUT2D eigenvalue weighted by Gasteiger charge is -2.30. The molecule has 4 rings (SSSR count). The van der Waals surface area contributed by atoms with Crippen molar-refractivity contribution >= 4 is 5.91 Å². The maximum absolute atomic E-state index is 12.7. The molecule has 1 atom stereocenters. The highest BCUT2D eigenvalue weighted by Gasteiger charge is 2.36. The normalized spacial score (nSPS) is 28.9. The van der Waals surface area contributed by atoms with Gasteiger partial charge in [0.1, 0.15) is 6.26 Å². The lowest BCUT2D eigenvalue weighted by atomic mass is 10.1. The fourth-order valence-corrected chi connectivity index (χ4v) is 3.48. The van der Waals surface area contributed by atoms with Gasteiger partial charge >= 0.3 is 0 Å². The molecule has 0 aliphatic carbocycles. The van der Waals surface area contributed by atoms with E-state index in [-0.39, 0.29) is 12.1 Å². The molecule has 4 aliphatic heterocycles. The number of amides is 1. The molecule has 0 unspecified atom stereocenters. The first-order valence-corrected chi connectivity index (χ1v) is 7.89. The molecule has 1 saturated heterocycles. The van der Waals surface area contributed by atoms with Crippen molar-refractivity contribution in [1.82, 2.24) is 15.1 Å². The van der Waals surface area contributed by atoms with Crippen LogP contribution in [0.15, 0.2) is 35.4 Å². The van der Waals surface area contributed by atoms with Gasteiger partial charge in [0.15, 0.2) is 6.23 Å². The van der Waals surface area contributed by atoms with E-state index >= 15 is 0 Å². The molecule has 21 heavy (non-hydrogen) atoms. The van der Waals surface area contributed by atoms with Crippen molar-refractivity contribution in [1.29, 1.82) is 0 Å². The van der Waals surface area contributed by atoms with Crippen LogP contribution in [0.1, 0.15) is 25.7 Å². The van der Waals surface area contributed by atoms with Crippen LogP contribution in [0.5, 0.6) is 0 Å². The number of fused-ring (bicyclic) bond motifs is 2. The Morgan fingerprint density at radius 3 is 2.95 bits per heavy atom. The Kier molecular flexibility index (Phi) is 3.22. The minimum Gasteiger partial charge on any atom is -0.476 e. The van der Waals surface area contributed by atoms with Crippen LogP contribution in [0.4, 0.5) is 0 Å². The first-order valence-electron chi connectivity index (χ1n) is 7.89. The minimum absolute atomic E-state index is 0.0826. The van der Waals surface area contributed by atoms with E-state index in [0.29, 0.717) is 6.54 Å². The molecular formula is C16H21N3O2. The lowest BCUT2D eigenvalue weighted by Crippen LogP contribution is -2.41. The number of carbonyl (C=O) groups is 1. The van der Waals surface area contributed by atoms with E-state index in [9.17, 15) is 4.79 Å². The second kappa shape index (κ2) is 5.22. The maximum Gasteiger partial charge on any atom is 0.259 e. The van der Waals surface area contributed by atoms with Crippen LogP contribution in [-0.2, 0) is 9.53 Å². The number of ether oxygens (including phenoxy) is 1. The molecule has 0 bridgehead atoms. The van der Waals surface area contributed by atoms with Crippen LogP contribution in [0.25, 0.3) is 0 Å². The lowest BCUT2D eigenvalue weighted by molar-refractivity contribution is -0.125. The third-order valence-corrected chi connectivity index (χ3v) is 4.65. The second-order valence-electron chi connectivity index (χ2n) is 6.04. The molecule has 1 N–H and O–H groups in total. The summed E-state index contributed by atoms with van der Waals surface area (Å²) in [6.45, 7) is 3.75. The molecule has 0 aromatic carbocycles. The molecule has 112 valence electrons. The molecule has 4 aliphatic rings. The fourth-order valence-electron chi connectivity index (χ4n) is 3.48. The average Bonchev–Trinajstić information content (AvgIpc) is 2.92. The molecule has 4 heterocycles. The van der Waals surface area contributed by atoms with Gasteiger partial charge in [-0.25, -0.2) is 0 Å². The number of nitrogens with one attached hydrogen (secondary N) is 1. The Hall–Kier alpha value is -1.75. The number of hydrogen-bond acceptors (Lipinski definition) is 4. The van der Waals surface area contributed by atoms with Gasteiger partial charge in [-0.1, -0.05) is 6.08 Å². The number of rotatable bonds is 1. The molecule has 0 radical (unpaired) electrons. The molecule has 0 spiro atoms. The van der Waals surface area contributed by atoms with Crippen molar-refractivity contribution in [2.45, 2.75) is 31.9 Å². The van der Waals surface area contributed by atoms with Gasteiger partial charge in [0.25, 0.3) is 5.91 Å². The molecule has 5 heteroatoms. The van der Waals surface area contributed by atoms with Crippen LogP contribution in [0.3, 0.4) is 0 Å². The zero-order valence-electron chi connectivity index (χ0n) is 12.2. The van der Waals surface area contributed by atoms with Gasteiger partial charge in [0, 0.05) is 25.3 Å². The molecule has 0 aromatic rings. The minimum atomic E-state index is -0.281. The van der Waals surface area contributed by atoms with E-state index in [2.05, 4.69) is 16.3 Å². The highest BCUT2D eigenvalue weighted by Crippen LogP contribution is 2.30. The van der Waals surface area contributed by atoms with Crippen molar-refractivity contribution in [3.63, 3.8) is 0 Å². The third-order valence-electron chi connectivity index (χ3n) is 4.65. The summed E-state index contributed by atoms with van der Waals surface area (Å²) in [6, 6.07) is 0. The van der Waals surface area contributed by atoms with E-state index in [1.807, 2.05) is 11.0 Å². The maximum atomic E-state index is 12.7. The summed E-state index contributed by atoms with van der Waals surface area (Å²) in [5, 5.41) is 3.24. The number of likely N-dealkylation sites (tertiary alicyclic amines) is 1. The molecule has 1 amide bonds. The van der Waals surface area contributed by atoms with Crippen molar-refractivity contribution in [3.8, 4) is 0 Å². The topological polar surface area (TPSA) is 44.8 Å². The van der Waals surface area contributed by atoms with Gasteiger partial charge in [-0.15, -0.1) is 0 Å². The van der Waals surface area contributed by atoms with Gasteiger partial charge in [-0.3, -0.25) is 15.0 Å². The van der Waals surface area contributed by atoms with Crippen LogP contribution < -0.4 is 5.32 Å². The summed E-state index contributed by atoms with van der Waals surface area (Å²) >= 11 is 0. The largest absolute Gasteiger partial charge is 0.476 e. The van der Waals surface area contributed by atoms with Gasteiger partial charge in [-0.05, 0) is 31.8 Å². The number of allylic oxidation sites excluding steroid dienone is 1. The number of piperidine rings is 1. The van der Waals surface area contributed by atoms with Gasteiger partial charge in [0.05, 0.1) is 17.8 Å². The molecule has 5 nitrogen and oxygen atoms in total. The van der Waals surface area contributed by atoms with E-state index in [1.54, 1.807) is 6.26 Å². The standard InChI is InChI=1S/C16H21N3O2/c20-16-14-5-4-6-17-15(14)21-11-13-9-12(10-19(13)16)18-7-2-1-3-8-18/h5,9,11,15,17H,1-4,6-8,10H2/t15-/m0/s1. The first kappa shape index (κ1) is 13.0. The van der Waals surface area contributed by atoms with Crippen molar-refractivity contribution in [2.75, 3.05) is 26.2 Å². The zero-order chi connectivity index (χ0) is 14.2. The summed E-state index contributed by atoms with van der Waals surface area (Å²) in [7, 11) is 0. The van der Waals surface area contributed by atoms with E-state index in [0.717, 1.165) is 37.3 Å². The average molecular weight is 287 g/mol. The zero-order valence-corrected chi connectivity index (χ0v) is 12.2. The molecule has 1 fully saturated rings. The summed E-state index contributed by atoms with van der Waals surface area (Å²) in [4.78, 5) is 17.0. The quantitative estimate of drug-likeness (QED) is 0.790. The molecular weight excluding hydrogens is 266 g/mol. The smallest absolute Gasteiger partial charge is 0.259 e. The molecule has 0 saturated carbocycles. The summed E-state index contributed by atoms with van der Waals surface area (Å²) in [6.07, 6.45) is 10.3. The number of hydrogen-bond donors (Lipinski definition) is 1. The van der Waals surface area contributed by atoms with Crippen LogP contribution in [0, 0.1) is 0 Å². The monoisotopic (exact) mass is 287 g/mol. The Morgan fingerprint density at radius 2 is 2.10 bits per heavy atom. The predicted octanol–water partition coefficient (Wildman–Crippen LogP) is 1.32. The van der Waals surface area contributed by atoms with Gasteiger partial charge in [-0.2, -0.15) is 0 Å². The highest BCUT2D eigenvalue weighted by molar-refractivity contribution is 5.96. The van der Waals surface area contributed by atoms with Crippen molar-refractivity contribution in [3.05, 3.63) is 35.4 Å². The van der Waals surface area contributed by atoms with Crippen molar-refractivity contribution < 1.29 is 9.53 Å². The Bertz CT molecular complexity index is 544. The van der Waals surface area contributed by atoms with Crippen molar-refractivity contribution in [2.24, 2.45) is 0 Å². The number of carbonyl (C=O) groups excluding carboxylic acids is 1. The summed E-state index contributed by atoms with van der Waals surface area (Å²) in [5.74, 6) is 0.0826. The Balaban J connectivity index is 1.59. The van der Waals surface area contributed by atoms with E-state index < -0.39 is 0 Å². The van der Waals surface area contributed by atoms with E-state index in [1.165, 1.54) is 25.0 Å². The van der Waals surface area contributed by atoms with Crippen LogP contribution >= 0.6 is 0 Å². The second-order valence-corrected chi connectivity index (χ2v) is 6.04. The third kappa shape index (κ3) is 2.25. The number of nitrogens with zero attached hydrogens (tertiary/aromatic N) is 2. The summed E-state index contributed by atoms with van der Waals surface area (Å²) in [5.41, 5.74) is 2.89. The highest BCUT2D eigenvalue weighted by atomic mass is 16.5. The Morgan fingerprint density at radius 1 is 1.24 bits per heavy atom. The first-order chi connectivity index (χ1) is 10.3. The Labute approximate surface area is 124 Å². The SMILES string of the molecule is O=C1C2=CCCN[C@H]2OC=C2C=C(N3CCCCC3)CN12. The molecule has 0 aromatic heterocycles. The van der Waals surface area contributed by atoms with Crippen LogP contribution in [-0.4, -0.2) is 48.1 Å².